The van der Waals surface area contributed by atoms with Crippen molar-refractivity contribution in [1.82, 2.24) is 4.57 Å². The molecule has 1 amide bonds. The third-order valence-electron chi connectivity index (χ3n) is 2.97. The van der Waals surface area contributed by atoms with Gasteiger partial charge in [-0.2, -0.15) is 0 Å². The van der Waals surface area contributed by atoms with Crippen molar-refractivity contribution in [3.63, 3.8) is 0 Å². The summed E-state index contributed by atoms with van der Waals surface area (Å²) in [5, 5.41) is 2.75. The topological polar surface area (TPSA) is 77.1 Å². The molecule has 0 atom stereocenters. The smallest absolute Gasteiger partial charge is 0.257 e. The highest BCUT2D eigenvalue weighted by Gasteiger charge is 2.11. The van der Waals surface area contributed by atoms with E-state index < -0.39 is 0 Å². The van der Waals surface area contributed by atoms with Gasteiger partial charge in [0.2, 0.25) is 0 Å². The van der Waals surface area contributed by atoms with Gasteiger partial charge in [-0.1, -0.05) is 22.9 Å². The maximum absolute atomic E-state index is 12.2. The molecule has 0 fully saturated rings. The monoisotopic (exact) mass is 349 g/mol. The number of rotatable bonds is 4. The van der Waals surface area contributed by atoms with Crippen molar-refractivity contribution in [2.45, 2.75) is 19.9 Å². The van der Waals surface area contributed by atoms with Crippen molar-refractivity contribution in [3.8, 4) is 0 Å². The van der Waals surface area contributed by atoms with Gasteiger partial charge < -0.3 is 15.6 Å². The average molecular weight is 350 g/mol. The van der Waals surface area contributed by atoms with Crippen LogP contribution in [0, 0.1) is 0 Å². The van der Waals surface area contributed by atoms with Crippen molar-refractivity contribution in [2.75, 3.05) is 11.1 Å². The number of halogens is 1. The number of aryl methyl sites for hydroxylation is 1. The summed E-state index contributed by atoms with van der Waals surface area (Å²) in [7, 11) is 0. The molecule has 5 nitrogen and oxygen atoms in total. The molecule has 2 rings (SSSR count). The molecule has 2 aromatic rings. The second-order valence-electron chi connectivity index (χ2n) is 4.64. The Morgan fingerprint density at radius 2 is 2.10 bits per heavy atom. The number of carbonyl (C=O) groups is 1. The molecule has 0 radical (unpaired) electrons. The van der Waals surface area contributed by atoms with Crippen LogP contribution in [0.15, 0.2) is 45.8 Å². The van der Waals surface area contributed by atoms with Gasteiger partial charge in [0, 0.05) is 29.0 Å². The van der Waals surface area contributed by atoms with Gasteiger partial charge in [-0.05, 0) is 30.7 Å². The molecule has 0 unspecified atom stereocenters. The number of nitrogen functional groups attached to an aromatic ring is 1. The third-order valence-corrected chi connectivity index (χ3v) is 3.46. The van der Waals surface area contributed by atoms with E-state index in [1.807, 2.05) is 6.92 Å². The maximum Gasteiger partial charge on any atom is 0.257 e. The van der Waals surface area contributed by atoms with Gasteiger partial charge in [0.25, 0.3) is 11.5 Å². The second-order valence-corrected chi connectivity index (χ2v) is 5.55. The minimum absolute atomic E-state index is 0.0863. The van der Waals surface area contributed by atoms with Crippen molar-refractivity contribution in [3.05, 3.63) is 56.9 Å². The fraction of sp³-hybridized carbons (Fsp3) is 0.200. The summed E-state index contributed by atoms with van der Waals surface area (Å²) in [6.45, 7) is 2.60. The van der Waals surface area contributed by atoms with Crippen molar-refractivity contribution < 1.29 is 4.79 Å². The number of pyridine rings is 1. The van der Waals surface area contributed by atoms with Gasteiger partial charge in [-0.25, -0.2) is 0 Å². The van der Waals surface area contributed by atoms with Crippen LogP contribution in [-0.2, 0) is 6.54 Å². The first-order chi connectivity index (χ1) is 10.0. The lowest BCUT2D eigenvalue weighted by Crippen LogP contribution is -2.20. The number of nitrogens with two attached hydrogens (primary N) is 1. The molecule has 1 heterocycles. The summed E-state index contributed by atoms with van der Waals surface area (Å²) in [5.74, 6) is -0.310. The Morgan fingerprint density at radius 1 is 1.33 bits per heavy atom. The summed E-state index contributed by atoms with van der Waals surface area (Å²) in [4.78, 5) is 23.9. The van der Waals surface area contributed by atoms with Crippen LogP contribution in [0.1, 0.15) is 23.7 Å². The molecule has 0 aliphatic carbocycles. The lowest BCUT2D eigenvalue weighted by Gasteiger charge is -2.10. The predicted octanol–water partition coefficient (Wildman–Crippen LogP) is 2.86. The van der Waals surface area contributed by atoms with Gasteiger partial charge in [0.05, 0.1) is 11.3 Å². The van der Waals surface area contributed by atoms with Crippen molar-refractivity contribution >= 4 is 33.2 Å². The van der Waals surface area contributed by atoms with Crippen LogP contribution in [0.3, 0.4) is 0 Å². The van der Waals surface area contributed by atoms with Crippen LogP contribution in [-0.4, -0.2) is 10.5 Å². The highest BCUT2D eigenvalue weighted by atomic mass is 79.9. The highest BCUT2D eigenvalue weighted by Crippen LogP contribution is 2.19. The number of nitrogens with one attached hydrogen (secondary N) is 1. The molecule has 21 heavy (non-hydrogen) atoms. The Morgan fingerprint density at radius 3 is 2.81 bits per heavy atom. The van der Waals surface area contributed by atoms with Gasteiger partial charge in [0.15, 0.2) is 0 Å². The molecular weight excluding hydrogens is 334 g/mol. The van der Waals surface area contributed by atoms with Crippen LogP contribution >= 0.6 is 15.9 Å². The minimum atomic E-state index is -0.310. The molecule has 1 aromatic carbocycles. The second kappa shape index (κ2) is 6.58. The van der Waals surface area contributed by atoms with Gasteiger partial charge in [-0.15, -0.1) is 0 Å². The van der Waals surface area contributed by atoms with Gasteiger partial charge >= 0.3 is 0 Å². The van der Waals surface area contributed by atoms with E-state index in [1.165, 1.54) is 6.07 Å². The summed E-state index contributed by atoms with van der Waals surface area (Å²) < 4.78 is 2.35. The lowest BCUT2D eigenvalue weighted by atomic mass is 10.1. The SMILES string of the molecule is CCCn1cc(NC(=O)c2cc(Br)ccc2N)ccc1=O. The Bertz CT molecular complexity index is 725. The number of amides is 1. The molecule has 110 valence electrons. The largest absolute Gasteiger partial charge is 0.398 e. The number of carbonyl (C=O) groups excluding carboxylic acids is 1. The van der Waals surface area contributed by atoms with Crippen LogP contribution in [0.2, 0.25) is 0 Å². The molecule has 0 saturated carbocycles. The van der Waals surface area contributed by atoms with E-state index >= 15 is 0 Å². The highest BCUT2D eigenvalue weighted by molar-refractivity contribution is 9.10. The summed E-state index contributed by atoms with van der Waals surface area (Å²) in [5.41, 5.74) is 7.07. The number of hydrogen-bond donors (Lipinski definition) is 2. The number of hydrogen-bond acceptors (Lipinski definition) is 3. The minimum Gasteiger partial charge on any atom is -0.398 e. The van der Waals surface area contributed by atoms with Crippen LogP contribution in [0.25, 0.3) is 0 Å². The third kappa shape index (κ3) is 3.72. The van der Waals surface area contributed by atoms with Crippen molar-refractivity contribution in [1.29, 1.82) is 0 Å². The zero-order valence-electron chi connectivity index (χ0n) is 11.6. The van der Waals surface area contributed by atoms with Gasteiger partial charge in [0.1, 0.15) is 0 Å². The summed E-state index contributed by atoms with van der Waals surface area (Å²) in [6.07, 6.45) is 2.48. The quantitative estimate of drug-likeness (QED) is 0.833. The molecule has 0 aliphatic rings. The molecule has 3 N–H and O–H groups in total. The molecular formula is C15H16BrN3O2. The molecule has 0 bridgehead atoms. The fourth-order valence-electron chi connectivity index (χ4n) is 1.94. The summed E-state index contributed by atoms with van der Waals surface area (Å²) in [6, 6.07) is 8.12. The predicted molar refractivity (Wildman–Crippen MR) is 87.5 cm³/mol. The zero-order valence-corrected chi connectivity index (χ0v) is 13.2. The number of aromatic nitrogens is 1. The van der Waals surface area contributed by atoms with Crippen LogP contribution < -0.4 is 16.6 Å². The number of nitrogens with zero attached hydrogens (tertiary/aromatic N) is 1. The normalized spacial score (nSPS) is 10.4. The lowest BCUT2D eigenvalue weighted by molar-refractivity contribution is 0.102. The number of benzene rings is 1. The Labute approximate surface area is 130 Å². The molecule has 0 spiro atoms. The molecule has 1 aromatic heterocycles. The van der Waals surface area contributed by atoms with E-state index in [1.54, 1.807) is 35.0 Å². The van der Waals surface area contributed by atoms with Crippen LogP contribution in [0.5, 0.6) is 0 Å². The summed E-state index contributed by atoms with van der Waals surface area (Å²) >= 11 is 3.31. The van der Waals surface area contributed by atoms with Crippen molar-refractivity contribution in [2.24, 2.45) is 0 Å². The van der Waals surface area contributed by atoms with E-state index in [-0.39, 0.29) is 11.5 Å². The van der Waals surface area contributed by atoms with Gasteiger partial charge in [-0.3, -0.25) is 9.59 Å². The molecule has 6 heteroatoms. The number of anilines is 2. The molecule has 0 saturated heterocycles. The van der Waals surface area contributed by atoms with E-state index in [0.29, 0.717) is 23.5 Å². The Hall–Kier alpha value is -2.08. The van der Waals surface area contributed by atoms with E-state index in [2.05, 4.69) is 21.2 Å². The van der Waals surface area contributed by atoms with E-state index in [9.17, 15) is 9.59 Å². The van der Waals surface area contributed by atoms with Crippen LogP contribution in [0.4, 0.5) is 11.4 Å². The Kier molecular flexibility index (Phi) is 4.80. The first-order valence-electron chi connectivity index (χ1n) is 6.58. The first kappa shape index (κ1) is 15.3. The van der Waals surface area contributed by atoms with E-state index in [4.69, 9.17) is 5.73 Å². The Balaban J connectivity index is 2.25. The zero-order chi connectivity index (χ0) is 15.4. The average Bonchev–Trinajstić information content (AvgIpc) is 2.45. The standard InChI is InChI=1S/C15H16BrN3O2/c1-2-7-19-9-11(4-6-14(19)20)18-15(21)12-8-10(16)3-5-13(12)17/h3-6,8-9H,2,7,17H2,1H3,(H,18,21). The van der Waals surface area contributed by atoms with E-state index in [0.717, 1.165) is 10.9 Å². The first-order valence-corrected chi connectivity index (χ1v) is 7.37. The molecule has 0 aliphatic heterocycles. The maximum atomic E-state index is 12.2. The fourth-order valence-corrected chi connectivity index (χ4v) is 2.31.